The molecule has 2 aromatic heterocycles. The highest BCUT2D eigenvalue weighted by Crippen LogP contribution is 2.16. The molecule has 2 rings (SSSR count). The van der Waals surface area contributed by atoms with E-state index in [1.807, 2.05) is 12.1 Å². The molecule has 1 atom stereocenters. The van der Waals surface area contributed by atoms with Crippen molar-refractivity contribution in [1.82, 2.24) is 15.0 Å². The molecule has 0 radical (unpaired) electrons. The van der Waals surface area contributed by atoms with Gasteiger partial charge in [0.05, 0.1) is 0 Å². The molecule has 0 saturated carbocycles. The minimum absolute atomic E-state index is 0.277. The van der Waals surface area contributed by atoms with Gasteiger partial charge in [-0.1, -0.05) is 6.07 Å². The van der Waals surface area contributed by atoms with Gasteiger partial charge in [0.1, 0.15) is 0 Å². The van der Waals surface area contributed by atoms with Crippen LogP contribution in [0.1, 0.15) is 13.3 Å². The molecule has 0 aromatic carbocycles. The fourth-order valence-corrected chi connectivity index (χ4v) is 1.63. The van der Waals surface area contributed by atoms with Crippen molar-refractivity contribution in [2.75, 3.05) is 11.9 Å². The van der Waals surface area contributed by atoms with E-state index >= 15 is 0 Å². The summed E-state index contributed by atoms with van der Waals surface area (Å²) in [6, 6.07) is 4.15. The molecule has 2 aromatic rings. The highest BCUT2D eigenvalue weighted by molar-refractivity contribution is 5.60. The Kier molecular flexibility index (Phi) is 4.20. The van der Waals surface area contributed by atoms with Gasteiger partial charge < -0.3 is 11.1 Å². The first-order valence-corrected chi connectivity index (χ1v) is 5.98. The summed E-state index contributed by atoms with van der Waals surface area (Å²) in [5.74, 6) is 0.628. The van der Waals surface area contributed by atoms with Crippen molar-refractivity contribution >= 4 is 5.95 Å². The van der Waals surface area contributed by atoms with Crippen LogP contribution in [-0.4, -0.2) is 27.5 Å². The quantitative estimate of drug-likeness (QED) is 0.835. The smallest absolute Gasteiger partial charge is 0.222 e. The predicted molar refractivity (Wildman–Crippen MR) is 72.0 cm³/mol. The molecule has 0 aliphatic heterocycles. The molecule has 1 unspecified atom stereocenters. The average Bonchev–Trinajstić information content (AvgIpc) is 2.41. The molecule has 3 N–H and O–H groups in total. The monoisotopic (exact) mass is 243 g/mol. The molecule has 94 valence electrons. The molecule has 18 heavy (non-hydrogen) atoms. The van der Waals surface area contributed by atoms with Crippen molar-refractivity contribution in [1.29, 1.82) is 0 Å². The molecule has 0 aliphatic carbocycles. The van der Waals surface area contributed by atoms with Gasteiger partial charge in [-0.25, -0.2) is 9.97 Å². The summed E-state index contributed by atoms with van der Waals surface area (Å²) in [7, 11) is 0. The molecule has 0 amide bonds. The molecule has 0 saturated heterocycles. The van der Waals surface area contributed by atoms with Gasteiger partial charge in [0.2, 0.25) is 5.95 Å². The number of anilines is 1. The van der Waals surface area contributed by atoms with E-state index in [1.54, 1.807) is 24.8 Å². The zero-order chi connectivity index (χ0) is 12.8. The van der Waals surface area contributed by atoms with E-state index in [0.717, 1.165) is 17.5 Å². The Morgan fingerprint density at radius 3 is 2.61 bits per heavy atom. The number of pyridine rings is 1. The van der Waals surface area contributed by atoms with Gasteiger partial charge in [-0.3, -0.25) is 4.98 Å². The number of nitrogens with two attached hydrogens (primary N) is 1. The lowest BCUT2D eigenvalue weighted by atomic mass is 10.2. The van der Waals surface area contributed by atoms with Crippen LogP contribution in [-0.2, 0) is 0 Å². The third-order valence-electron chi connectivity index (χ3n) is 2.62. The van der Waals surface area contributed by atoms with Crippen molar-refractivity contribution in [3.8, 4) is 11.1 Å². The first-order valence-electron chi connectivity index (χ1n) is 5.98. The van der Waals surface area contributed by atoms with Gasteiger partial charge in [0.15, 0.2) is 0 Å². The predicted octanol–water partition coefficient (Wildman–Crippen LogP) is 1.69. The maximum atomic E-state index is 5.50. The van der Waals surface area contributed by atoms with Gasteiger partial charge in [-0.2, -0.15) is 0 Å². The summed E-state index contributed by atoms with van der Waals surface area (Å²) >= 11 is 0. The molecule has 5 nitrogen and oxygen atoms in total. The minimum atomic E-state index is 0.277. The molecule has 0 spiro atoms. The maximum absolute atomic E-state index is 5.50. The topological polar surface area (TPSA) is 76.7 Å². The summed E-state index contributed by atoms with van der Waals surface area (Å²) in [6.07, 6.45) is 8.02. The second-order valence-corrected chi connectivity index (χ2v) is 4.16. The Hall–Kier alpha value is -2.01. The molecule has 0 aliphatic rings. The van der Waals surface area contributed by atoms with E-state index in [4.69, 9.17) is 5.73 Å². The normalized spacial score (nSPS) is 12.1. The van der Waals surface area contributed by atoms with Crippen molar-refractivity contribution < 1.29 is 0 Å². The fourth-order valence-electron chi connectivity index (χ4n) is 1.63. The first-order chi connectivity index (χ1) is 8.79. The molecular formula is C13H17N5. The van der Waals surface area contributed by atoms with E-state index in [9.17, 15) is 0 Å². The van der Waals surface area contributed by atoms with Gasteiger partial charge in [-0.05, 0) is 26.0 Å². The SMILES string of the molecule is CC(CCN)Nc1ncc(-c2cccnc2)cn1. The summed E-state index contributed by atoms with van der Waals surface area (Å²) < 4.78 is 0. The number of nitrogens with zero attached hydrogens (tertiary/aromatic N) is 3. The van der Waals surface area contributed by atoms with Crippen LogP contribution in [0.4, 0.5) is 5.95 Å². The van der Waals surface area contributed by atoms with E-state index in [-0.39, 0.29) is 6.04 Å². The largest absolute Gasteiger partial charge is 0.352 e. The van der Waals surface area contributed by atoms with E-state index in [1.165, 1.54) is 0 Å². The van der Waals surface area contributed by atoms with Gasteiger partial charge in [-0.15, -0.1) is 0 Å². The average molecular weight is 243 g/mol. The van der Waals surface area contributed by atoms with Crippen LogP contribution < -0.4 is 11.1 Å². The third-order valence-corrected chi connectivity index (χ3v) is 2.62. The van der Waals surface area contributed by atoms with E-state index in [2.05, 4.69) is 27.2 Å². The van der Waals surface area contributed by atoms with Crippen molar-refractivity contribution in [3.63, 3.8) is 0 Å². The molecule has 2 heterocycles. The lowest BCUT2D eigenvalue weighted by molar-refractivity contribution is 0.709. The van der Waals surface area contributed by atoms with E-state index < -0.39 is 0 Å². The maximum Gasteiger partial charge on any atom is 0.222 e. The summed E-state index contributed by atoms with van der Waals surface area (Å²) in [4.78, 5) is 12.6. The zero-order valence-corrected chi connectivity index (χ0v) is 10.4. The summed E-state index contributed by atoms with van der Waals surface area (Å²) in [5.41, 5.74) is 7.47. The lowest BCUT2D eigenvalue weighted by Crippen LogP contribution is -2.20. The Bertz CT molecular complexity index is 469. The van der Waals surface area contributed by atoms with E-state index in [0.29, 0.717) is 12.5 Å². The summed E-state index contributed by atoms with van der Waals surface area (Å²) in [6.45, 7) is 2.72. The van der Waals surface area contributed by atoms with Crippen LogP contribution in [0.25, 0.3) is 11.1 Å². The highest BCUT2D eigenvalue weighted by Gasteiger charge is 2.04. The lowest BCUT2D eigenvalue weighted by Gasteiger charge is -2.12. The zero-order valence-electron chi connectivity index (χ0n) is 10.4. The Labute approximate surface area is 106 Å². The number of rotatable bonds is 5. The third kappa shape index (κ3) is 3.24. The fraction of sp³-hybridized carbons (Fsp3) is 0.308. The van der Waals surface area contributed by atoms with Crippen LogP contribution in [0.5, 0.6) is 0 Å². The minimum Gasteiger partial charge on any atom is -0.352 e. The highest BCUT2D eigenvalue weighted by atomic mass is 15.1. The second kappa shape index (κ2) is 6.07. The number of aromatic nitrogens is 3. The Morgan fingerprint density at radius 1 is 1.22 bits per heavy atom. The van der Waals surface area contributed by atoms with Crippen LogP contribution in [0, 0.1) is 0 Å². The molecular weight excluding hydrogens is 226 g/mol. The number of hydrogen-bond acceptors (Lipinski definition) is 5. The van der Waals surface area contributed by atoms with Gasteiger partial charge in [0, 0.05) is 42.0 Å². The van der Waals surface area contributed by atoms with Gasteiger partial charge in [0.25, 0.3) is 0 Å². The molecule has 0 fully saturated rings. The van der Waals surface area contributed by atoms with Crippen molar-refractivity contribution in [3.05, 3.63) is 36.9 Å². The van der Waals surface area contributed by atoms with Crippen LogP contribution in [0.2, 0.25) is 0 Å². The summed E-state index contributed by atoms with van der Waals surface area (Å²) in [5, 5.41) is 3.20. The van der Waals surface area contributed by atoms with Gasteiger partial charge >= 0.3 is 0 Å². The Balaban J connectivity index is 2.06. The second-order valence-electron chi connectivity index (χ2n) is 4.16. The number of hydrogen-bond donors (Lipinski definition) is 2. The van der Waals surface area contributed by atoms with Crippen LogP contribution in [0.15, 0.2) is 36.9 Å². The van der Waals surface area contributed by atoms with Crippen molar-refractivity contribution in [2.45, 2.75) is 19.4 Å². The van der Waals surface area contributed by atoms with Crippen LogP contribution in [0.3, 0.4) is 0 Å². The molecule has 0 bridgehead atoms. The van der Waals surface area contributed by atoms with Crippen molar-refractivity contribution in [2.24, 2.45) is 5.73 Å². The standard InChI is InChI=1S/C13H17N5/c1-10(4-5-14)18-13-16-8-12(9-17-13)11-3-2-6-15-7-11/h2-3,6-10H,4-5,14H2,1H3,(H,16,17,18). The molecule has 5 heteroatoms. The van der Waals surface area contributed by atoms with Crippen LogP contribution >= 0.6 is 0 Å². The number of nitrogens with one attached hydrogen (secondary N) is 1. The Morgan fingerprint density at radius 2 is 2.00 bits per heavy atom. The first kappa shape index (κ1) is 12.4.